The fourth-order valence-electron chi connectivity index (χ4n) is 4.38. The molecule has 0 radical (unpaired) electrons. The van der Waals surface area contributed by atoms with Gasteiger partial charge in [-0.25, -0.2) is 8.42 Å². The number of ether oxygens (including phenoxy) is 1. The molecule has 2 aromatic carbocycles. The van der Waals surface area contributed by atoms with E-state index in [0.717, 1.165) is 43.2 Å². The summed E-state index contributed by atoms with van der Waals surface area (Å²) in [5.41, 5.74) is 2.01. The molecule has 2 aliphatic heterocycles. The topological polar surface area (TPSA) is 66.9 Å². The molecule has 2 aromatic rings. The van der Waals surface area contributed by atoms with E-state index in [2.05, 4.69) is 12.1 Å². The molecule has 2 saturated heterocycles. The van der Waals surface area contributed by atoms with Crippen LogP contribution in [0.3, 0.4) is 0 Å². The molecule has 4 rings (SSSR count). The zero-order chi connectivity index (χ0) is 22.4. The molecule has 0 N–H and O–H groups in total. The van der Waals surface area contributed by atoms with Gasteiger partial charge in [0.15, 0.2) is 0 Å². The Kier molecular flexibility index (Phi) is 7.60. The minimum Gasteiger partial charge on any atom is -0.373 e. The first-order chi connectivity index (χ1) is 15.5. The molecule has 2 heterocycles. The SMILES string of the molecule is O=C(Cc1ccc(S(=O)(=O)N2CCCCC2)cc1)N1CCC(OCc2ccccc2)CC1. The molecule has 2 aliphatic rings. The molecular weight excluding hydrogens is 424 g/mol. The van der Waals surface area contributed by atoms with Crippen molar-refractivity contribution in [2.24, 2.45) is 0 Å². The van der Waals surface area contributed by atoms with E-state index >= 15 is 0 Å². The average molecular weight is 457 g/mol. The van der Waals surface area contributed by atoms with Crippen molar-refractivity contribution in [3.8, 4) is 0 Å². The lowest BCUT2D eigenvalue weighted by atomic mass is 10.1. The van der Waals surface area contributed by atoms with Crippen LogP contribution in [-0.2, 0) is 32.6 Å². The molecule has 0 aliphatic carbocycles. The lowest BCUT2D eigenvalue weighted by molar-refractivity contribution is -0.133. The van der Waals surface area contributed by atoms with Crippen molar-refractivity contribution in [2.75, 3.05) is 26.2 Å². The second-order valence-corrected chi connectivity index (χ2v) is 10.6. The third-order valence-corrected chi connectivity index (χ3v) is 8.27. The summed E-state index contributed by atoms with van der Waals surface area (Å²) in [4.78, 5) is 14.9. The van der Waals surface area contributed by atoms with Gasteiger partial charge in [0.1, 0.15) is 0 Å². The number of hydrogen-bond donors (Lipinski definition) is 0. The van der Waals surface area contributed by atoms with Gasteiger partial charge >= 0.3 is 0 Å². The van der Waals surface area contributed by atoms with Gasteiger partial charge < -0.3 is 9.64 Å². The smallest absolute Gasteiger partial charge is 0.243 e. The Morgan fingerprint density at radius 1 is 0.844 bits per heavy atom. The summed E-state index contributed by atoms with van der Waals surface area (Å²) in [7, 11) is -3.44. The lowest BCUT2D eigenvalue weighted by Gasteiger charge is -2.32. The Hall–Kier alpha value is -2.22. The highest BCUT2D eigenvalue weighted by atomic mass is 32.2. The minimum atomic E-state index is -3.44. The van der Waals surface area contributed by atoms with Gasteiger partial charge in [-0.1, -0.05) is 48.9 Å². The first kappa shape index (κ1) is 23.0. The van der Waals surface area contributed by atoms with Gasteiger partial charge in [-0.2, -0.15) is 4.31 Å². The van der Waals surface area contributed by atoms with Crippen LogP contribution in [0.15, 0.2) is 59.5 Å². The highest BCUT2D eigenvalue weighted by molar-refractivity contribution is 7.89. The fraction of sp³-hybridized carbons (Fsp3) is 0.480. The number of carbonyl (C=O) groups excluding carboxylic acids is 1. The molecule has 0 spiro atoms. The highest BCUT2D eigenvalue weighted by Gasteiger charge is 2.26. The molecule has 6 nitrogen and oxygen atoms in total. The quantitative estimate of drug-likeness (QED) is 0.638. The summed E-state index contributed by atoms with van der Waals surface area (Å²) < 4.78 is 33.1. The van der Waals surface area contributed by atoms with Crippen LogP contribution in [-0.4, -0.2) is 55.8 Å². The van der Waals surface area contributed by atoms with Crippen molar-refractivity contribution in [3.05, 3.63) is 65.7 Å². The van der Waals surface area contributed by atoms with E-state index in [0.29, 0.717) is 44.1 Å². The zero-order valence-electron chi connectivity index (χ0n) is 18.5. The predicted octanol–water partition coefficient (Wildman–Crippen LogP) is 3.61. The minimum absolute atomic E-state index is 0.0816. The number of benzene rings is 2. The molecule has 0 bridgehead atoms. The van der Waals surface area contributed by atoms with Gasteiger partial charge in [-0.3, -0.25) is 4.79 Å². The molecule has 0 atom stereocenters. The Morgan fingerprint density at radius 3 is 2.16 bits per heavy atom. The van der Waals surface area contributed by atoms with Crippen molar-refractivity contribution in [2.45, 2.75) is 56.1 Å². The molecule has 0 saturated carbocycles. The molecule has 172 valence electrons. The summed E-state index contributed by atoms with van der Waals surface area (Å²) >= 11 is 0. The van der Waals surface area contributed by atoms with E-state index in [4.69, 9.17) is 4.74 Å². The van der Waals surface area contributed by atoms with Crippen molar-refractivity contribution in [1.82, 2.24) is 9.21 Å². The number of nitrogens with zero attached hydrogens (tertiary/aromatic N) is 2. The molecule has 2 fully saturated rings. The number of carbonyl (C=O) groups is 1. The van der Waals surface area contributed by atoms with Gasteiger partial charge in [0.25, 0.3) is 0 Å². The number of likely N-dealkylation sites (tertiary alicyclic amines) is 1. The van der Waals surface area contributed by atoms with Crippen LogP contribution in [0.4, 0.5) is 0 Å². The van der Waals surface area contributed by atoms with E-state index in [1.54, 1.807) is 28.6 Å². The van der Waals surface area contributed by atoms with E-state index in [1.807, 2.05) is 23.1 Å². The van der Waals surface area contributed by atoms with Crippen molar-refractivity contribution in [1.29, 1.82) is 0 Å². The second-order valence-electron chi connectivity index (χ2n) is 8.66. The number of piperidine rings is 2. The molecule has 0 aromatic heterocycles. The first-order valence-electron chi connectivity index (χ1n) is 11.5. The van der Waals surface area contributed by atoms with E-state index in [9.17, 15) is 13.2 Å². The largest absolute Gasteiger partial charge is 0.373 e. The summed E-state index contributed by atoms with van der Waals surface area (Å²) in [6, 6.07) is 16.9. The Morgan fingerprint density at radius 2 is 1.50 bits per heavy atom. The number of rotatable bonds is 7. The van der Waals surface area contributed by atoms with Gasteiger partial charge in [0.2, 0.25) is 15.9 Å². The van der Waals surface area contributed by atoms with Crippen molar-refractivity contribution in [3.63, 3.8) is 0 Å². The standard InChI is InChI=1S/C25H32N2O4S/c28-25(26-17-13-23(14-18-26)31-20-22-7-3-1-4-8-22)19-21-9-11-24(12-10-21)32(29,30)27-15-5-2-6-16-27/h1,3-4,7-12,23H,2,5-6,13-20H2. The van der Waals surface area contributed by atoms with Crippen molar-refractivity contribution >= 4 is 15.9 Å². The monoisotopic (exact) mass is 456 g/mol. The maximum Gasteiger partial charge on any atom is 0.243 e. The van der Waals surface area contributed by atoms with Gasteiger partial charge in [0, 0.05) is 26.2 Å². The Labute approximate surface area is 191 Å². The molecule has 7 heteroatoms. The summed E-state index contributed by atoms with van der Waals surface area (Å²) in [6.45, 7) is 3.17. The molecule has 0 unspecified atom stereocenters. The number of sulfonamides is 1. The number of amides is 1. The normalized spacial score (nSPS) is 18.6. The maximum absolute atomic E-state index is 12.8. The first-order valence-corrected chi connectivity index (χ1v) is 13.0. The summed E-state index contributed by atoms with van der Waals surface area (Å²) in [6.07, 6.45) is 5.07. The maximum atomic E-state index is 12.8. The van der Waals surface area contributed by atoms with Gasteiger partial charge in [0.05, 0.1) is 24.0 Å². The second kappa shape index (κ2) is 10.6. The van der Waals surface area contributed by atoms with Crippen LogP contribution in [0.2, 0.25) is 0 Å². The van der Waals surface area contributed by atoms with Crippen LogP contribution >= 0.6 is 0 Å². The summed E-state index contributed by atoms with van der Waals surface area (Å²) in [5, 5.41) is 0. The molecule has 1 amide bonds. The predicted molar refractivity (Wildman–Crippen MR) is 124 cm³/mol. The molecule has 32 heavy (non-hydrogen) atoms. The third kappa shape index (κ3) is 5.77. The van der Waals surface area contributed by atoms with Crippen LogP contribution in [0, 0.1) is 0 Å². The van der Waals surface area contributed by atoms with Gasteiger partial charge in [-0.15, -0.1) is 0 Å². The zero-order valence-corrected chi connectivity index (χ0v) is 19.3. The average Bonchev–Trinajstić information content (AvgIpc) is 2.84. The Bertz CT molecular complexity index is 978. The fourth-order valence-corrected chi connectivity index (χ4v) is 5.90. The van der Waals surface area contributed by atoms with Crippen molar-refractivity contribution < 1.29 is 17.9 Å². The van der Waals surface area contributed by atoms with Crippen LogP contribution in [0.5, 0.6) is 0 Å². The van der Waals surface area contributed by atoms with E-state index in [1.165, 1.54) is 0 Å². The van der Waals surface area contributed by atoms with E-state index < -0.39 is 10.0 Å². The third-order valence-electron chi connectivity index (χ3n) is 6.35. The highest BCUT2D eigenvalue weighted by Crippen LogP contribution is 2.22. The summed E-state index contributed by atoms with van der Waals surface area (Å²) in [5.74, 6) is 0.0816. The molecular formula is C25H32N2O4S. The lowest BCUT2D eigenvalue weighted by Crippen LogP contribution is -2.41. The van der Waals surface area contributed by atoms with Crippen LogP contribution in [0.25, 0.3) is 0 Å². The van der Waals surface area contributed by atoms with E-state index in [-0.39, 0.29) is 12.0 Å². The van der Waals surface area contributed by atoms with Gasteiger partial charge in [-0.05, 0) is 48.9 Å². The Balaban J connectivity index is 1.25. The number of hydrogen-bond acceptors (Lipinski definition) is 4. The van der Waals surface area contributed by atoms with Crippen LogP contribution in [0.1, 0.15) is 43.2 Å². The van der Waals surface area contributed by atoms with Crippen LogP contribution < -0.4 is 0 Å².